The quantitative estimate of drug-likeness (QED) is 0.421. The van der Waals surface area contributed by atoms with Crippen molar-refractivity contribution in [3.8, 4) is 11.1 Å². The van der Waals surface area contributed by atoms with E-state index >= 15 is 0 Å². The fourth-order valence-corrected chi connectivity index (χ4v) is 4.98. The van der Waals surface area contributed by atoms with Crippen molar-refractivity contribution in [2.45, 2.75) is 33.1 Å². The first-order valence-electron chi connectivity index (χ1n) is 12.4. The molecular formula is C30H30N4O2. The number of aryl methyl sites for hydroxylation is 2. The molecule has 0 aliphatic carbocycles. The number of rotatable bonds is 5. The molecule has 2 aromatic heterocycles. The zero-order valence-corrected chi connectivity index (χ0v) is 20.7. The smallest absolute Gasteiger partial charge is 0.230 e. The van der Waals surface area contributed by atoms with E-state index in [9.17, 15) is 9.59 Å². The number of benzene rings is 2. The second-order valence-corrected chi connectivity index (χ2v) is 9.50. The summed E-state index contributed by atoms with van der Waals surface area (Å²) in [5.41, 5.74) is 5.89. The summed E-state index contributed by atoms with van der Waals surface area (Å²) in [7, 11) is 0. The number of likely N-dealkylation sites (tertiary alicyclic amines) is 1. The molecule has 0 radical (unpaired) electrons. The van der Waals surface area contributed by atoms with Crippen molar-refractivity contribution in [1.82, 2.24) is 14.9 Å². The van der Waals surface area contributed by atoms with Crippen molar-refractivity contribution in [1.29, 1.82) is 0 Å². The number of para-hydroxylation sites is 1. The molecule has 2 aromatic carbocycles. The lowest BCUT2D eigenvalue weighted by Crippen LogP contribution is -2.44. The molecule has 1 saturated heterocycles. The predicted molar refractivity (Wildman–Crippen MR) is 143 cm³/mol. The highest BCUT2D eigenvalue weighted by Gasteiger charge is 2.29. The van der Waals surface area contributed by atoms with Crippen molar-refractivity contribution in [3.05, 3.63) is 89.7 Å². The fourth-order valence-electron chi connectivity index (χ4n) is 4.98. The van der Waals surface area contributed by atoms with Crippen LogP contribution >= 0.6 is 0 Å². The van der Waals surface area contributed by atoms with Crippen LogP contribution in [0, 0.1) is 19.8 Å². The second kappa shape index (κ2) is 10.3. The summed E-state index contributed by atoms with van der Waals surface area (Å²) in [6.07, 6.45) is 3.54. The number of nitrogens with one attached hydrogen (secondary N) is 1. The van der Waals surface area contributed by atoms with Gasteiger partial charge in [0, 0.05) is 30.4 Å². The number of hydrogen-bond acceptors (Lipinski definition) is 4. The number of fused-ring (bicyclic) bond motifs is 1. The number of piperidine rings is 1. The van der Waals surface area contributed by atoms with Gasteiger partial charge >= 0.3 is 0 Å². The maximum Gasteiger partial charge on any atom is 0.230 e. The number of amides is 2. The van der Waals surface area contributed by atoms with Crippen molar-refractivity contribution in [2.24, 2.45) is 5.92 Å². The molecule has 182 valence electrons. The number of aromatic nitrogens is 2. The molecule has 4 aromatic rings. The summed E-state index contributed by atoms with van der Waals surface area (Å²) in [6, 6.07) is 22.0. The van der Waals surface area contributed by atoms with Crippen LogP contribution in [0.5, 0.6) is 0 Å². The standard InChI is InChI=1S/C30H30N4O2/c1-20-14-15-27(31-18-20)33-30(36)23-11-8-16-34(19-23)28(35)17-25-21(2)32-26-13-7-6-12-24(26)29(25)22-9-4-3-5-10-22/h3-7,9-10,12-15,18,23H,8,11,16-17,19H2,1-2H3,(H,31,33,36). The Balaban J connectivity index is 1.38. The molecule has 1 unspecified atom stereocenters. The van der Waals surface area contributed by atoms with Gasteiger partial charge in [0.1, 0.15) is 5.82 Å². The highest BCUT2D eigenvalue weighted by atomic mass is 16.2. The first-order valence-corrected chi connectivity index (χ1v) is 12.4. The molecule has 1 fully saturated rings. The Hall–Kier alpha value is -4.06. The van der Waals surface area contributed by atoms with Gasteiger partial charge in [-0.15, -0.1) is 0 Å². The van der Waals surface area contributed by atoms with Crippen molar-refractivity contribution >= 4 is 28.5 Å². The number of carbonyl (C=O) groups excluding carboxylic acids is 2. The molecule has 0 saturated carbocycles. The minimum absolute atomic E-state index is 0.0262. The monoisotopic (exact) mass is 478 g/mol. The van der Waals surface area contributed by atoms with Gasteiger partial charge < -0.3 is 10.2 Å². The van der Waals surface area contributed by atoms with Gasteiger partial charge in [0.15, 0.2) is 0 Å². The lowest BCUT2D eigenvalue weighted by atomic mass is 9.91. The van der Waals surface area contributed by atoms with Crippen LogP contribution in [0.3, 0.4) is 0 Å². The molecule has 3 heterocycles. The number of pyridine rings is 2. The van der Waals surface area contributed by atoms with Crippen LogP contribution in [-0.4, -0.2) is 39.8 Å². The zero-order valence-electron chi connectivity index (χ0n) is 20.7. The molecule has 1 aliphatic rings. The van der Waals surface area contributed by atoms with Crippen LogP contribution in [-0.2, 0) is 16.0 Å². The molecule has 0 spiro atoms. The van der Waals surface area contributed by atoms with E-state index in [1.54, 1.807) is 12.3 Å². The molecule has 1 aliphatic heterocycles. The molecule has 0 bridgehead atoms. The van der Waals surface area contributed by atoms with Crippen molar-refractivity contribution in [2.75, 3.05) is 18.4 Å². The van der Waals surface area contributed by atoms with E-state index in [2.05, 4.69) is 28.5 Å². The van der Waals surface area contributed by atoms with Gasteiger partial charge in [-0.05, 0) is 61.1 Å². The predicted octanol–water partition coefficient (Wildman–Crippen LogP) is 5.33. The number of nitrogens with zero attached hydrogens (tertiary/aromatic N) is 3. The largest absolute Gasteiger partial charge is 0.342 e. The van der Waals surface area contributed by atoms with Crippen LogP contribution in [0.1, 0.15) is 29.7 Å². The van der Waals surface area contributed by atoms with Crippen molar-refractivity contribution < 1.29 is 9.59 Å². The summed E-state index contributed by atoms with van der Waals surface area (Å²) >= 11 is 0. The maximum absolute atomic E-state index is 13.6. The van der Waals surface area contributed by atoms with E-state index in [4.69, 9.17) is 4.98 Å². The van der Waals surface area contributed by atoms with Crippen LogP contribution in [0.15, 0.2) is 72.9 Å². The summed E-state index contributed by atoms with van der Waals surface area (Å²) in [6.45, 7) is 5.01. The van der Waals surface area contributed by atoms with Gasteiger partial charge in [-0.3, -0.25) is 14.6 Å². The lowest BCUT2D eigenvalue weighted by Gasteiger charge is -2.32. The molecule has 1 atom stereocenters. The van der Waals surface area contributed by atoms with E-state index in [0.29, 0.717) is 18.9 Å². The Morgan fingerprint density at radius 1 is 1.00 bits per heavy atom. The molecule has 36 heavy (non-hydrogen) atoms. The summed E-state index contributed by atoms with van der Waals surface area (Å²) < 4.78 is 0. The first kappa shape index (κ1) is 23.7. The van der Waals surface area contributed by atoms with E-state index in [1.165, 1.54) is 0 Å². The van der Waals surface area contributed by atoms with Gasteiger partial charge in [0.2, 0.25) is 11.8 Å². The Morgan fingerprint density at radius 3 is 2.56 bits per heavy atom. The molecule has 6 heteroatoms. The van der Waals surface area contributed by atoms with Gasteiger partial charge in [0.25, 0.3) is 0 Å². The molecule has 1 N–H and O–H groups in total. The SMILES string of the molecule is Cc1ccc(NC(=O)C2CCCN(C(=O)Cc3c(C)nc4ccccc4c3-c3ccccc3)C2)nc1. The van der Waals surface area contributed by atoms with E-state index in [1.807, 2.05) is 61.2 Å². The van der Waals surface area contributed by atoms with E-state index in [-0.39, 0.29) is 24.2 Å². The minimum Gasteiger partial charge on any atom is -0.342 e. The number of anilines is 1. The minimum atomic E-state index is -0.254. The second-order valence-electron chi connectivity index (χ2n) is 9.50. The van der Waals surface area contributed by atoms with Gasteiger partial charge in [0.05, 0.1) is 17.9 Å². The highest BCUT2D eigenvalue weighted by Crippen LogP contribution is 2.34. The van der Waals surface area contributed by atoms with Crippen LogP contribution in [0.4, 0.5) is 5.82 Å². The first-order chi connectivity index (χ1) is 17.5. The van der Waals surface area contributed by atoms with E-state index < -0.39 is 0 Å². The zero-order chi connectivity index (χ0) is 25.1. The number of hydrogen-bond donors (Lipinski definition) is 1. The van der Waals surface area contributed by atoms with E-state index in [0.717, 1.165) is 51.7 Å². The van der Waals surface area contributed by atoms with Gasteiger partial charge in [-0.25, -0.2) is 4.98 Å². The summed E-state index contributed by atoms with van der Waals surface area (Å²) in [5, 5.41) is 3.95. The fraction of sp³-hybridized carbons (Fsp3) is 0.267. The third-order valence-electron chi connectivity index (χ3n) is 6.90. The third kappa shape index (κ3) is 4.98. The Labute approximate surface area is 211 Å². The summed E-state index contributed by atoms with van der Waals surface area (Å²) in [5.74, 6) is 0.227. The van der Waals surface area contributed by atoms with Crippen LogP contribution < -0.4 is 5.32 Å². The lowest BCUT2D eigenvalue weighted by molar-refractivity contribution is -0.133. The third-order valence-corrected chi connectivity index (χ3v) is 6.90. The average molecular weight is 479 g/mol. The summed E-state index contributed by atoms with van der Waals surface area (Å²) in [4.78, 5) is 37.4. The normalized spacial score (nSPS) is 15.6. The molecule has 5 rings (SSSR count). The Morgan fingerprint density at radius 2 is 1.78 bits per heavy atom. The van der Waals surface area contributed by atoms with Gasteiger partial charge in [-0.1, -0.05) is 54.6 Å². The molecule has 2 amide bonds. The van der Waals surface area contributed by atoms with Crippen LogP contribution in [0.2, 0.25) is 0 Å². The molecule has 6 nitrogen and oxygen atoms in total. The maximum atomic E-state index is 13.6. The van der Waals surface area contributed by atoms with Crippen molar-refractivity contribution in [3.63, 3.8) is 0 Å². The Kier molecular flexibility index (Phi) is 6.76. The average Bonchev–Trinajstić information content (AvgIpc) is 2.91. The van der Waals surface area contributed by atoms with Crippen LogP contribution in [0.25, 0.3) is 22.0 Å². The van der Waals surface area contributed by atoms with Gasteiger partial charge in [-0.2, -0.15) is 0 Å². The number of carbonyl (C=O) groups is 2. The Bertz CT molecular complexity index is 1400. The molecular weight excluding hydrogens is 448 g/mol. The topological polar surface area (TPSA) is 75.2 Å². The highest BCUT2D eigenvalue weighted by molar-refractivity contribution is 5.98.